The van der Waals surface area contributed by atoms with Gasteiger partial charge in [0.05, 0.1) is 0 Å². The minimum atomic E-state index is -0.378. The first-order valence-corrected chi connectivity index (χ1v) is 7.16. The maximum Gasteiger partial charge on any atom is 0.245 e. The molecule has 0 spiro atoms. The van der Waals surface area contributed by atoms with Crippen molar-refractivity contribution < 1.29 is 9.59 Å². The predicted molar refractivity (Wildman–Crippen MR) is 74.9 cm³/mol. The molecule has 2 atom stereocenters. The molecule has 2 amide bonds. The summed E-state index contributed by atoms with van der Waals surface area (Å²) in [5.41, 5.74) is 1.06. The molecule has 6 heteroatoms. The molecule has 1 fully saturated rings. The molecule has 1 N–H and O–H groups in total. The number of rotatable bonds is 5. The van der Waals surface area contributed by atoms with Gasteiger partial charge in [0.1, 0.15) is 12.1 Å². The van der Waals surface area contributed by atoms with Crippen molar-refractivity contribution in [3.63, 3.8) is 0 Å². The Labute approximate surface area is 119 Å². The van der Waals surface area contributed by atoms with Gasteiger partial charge in [-0.25, -0.2) is 0 Å². The van der Waals surface area contributed by atoms with Crippen molar-refractivity contribution in [3.05, 3.63) is 18.0 Å². The van der Waals surface area contributed by atoms with E-state index < -0.39 is 0 Å². The molecule has 0 radical (unpaired) electrons. The second kappa shape index (κ2) is 6.07. The van der Waals surface area contributed by atoms with Gasteiger partial charge in [0.25, 0.3) is 0 Å². The van der Waals surface area contributed by atoms with Gasteiger partial charge < -0.3 is 10.2 Å². The van der Waals surface area contributed by atoms with Gasteiger partial charge >= 0.3 is 0 Å². The van der Waals surface area contributed by atoms with E-state index in [0.29, 0.717) is 25.8 Å². The Kier molecular flexibility index (Phi) is 4.42. The number of carbonyl (C=O) groups excluding carboxylic acids is 2. The first-order chi connectivity index (χ1) is 9.58. The van der Waals surface area contributed by atoms with E-state index in [0.717, 1.165) is 5.69 Å². The number of hydrogen-bond acceptors (Lipinski definition) is 3. The third kappa shape index (κ3) is 2.69. The van der Waals surface area contributed by atoms with E-state index >= 15 is 0 Å². The summed E-state index contributed by atoms with van der Waals surface area (Å²) in [7, 11) is 1.88. The van der Waals surface area contributed by atoms with E-state index in [9.17, 15) is 9.59 Å². The molecule has 0 aliphatic carbocycles. The van der Waals surface area contributed by atoms with E-state index in [-0.39, 0.29) is 23.9 Å². The van der Waals surface area contributed by atoms with E-state index in [2.05, 4.69) is 10.4 Å². The first-order valence-electron chi connectivity index (χ1n) is 7.16. The lowest BCUT2D eigenvalue weighted by atomic mass is 10.0. The Morgan fingerprint density at radius 2 is 2.05 bits per heavy atom. The highest BCUT2D eigenvalue weighted by Gasteiger charge is 2.38. The van der Waals surface area contributed by atoms with Gasteiger partial charge in [-0.3, -0.25) is 14.3 Å². The third-order valence-corrected chi connectivity index (χ3v) is 3.90. The molecule has 2 heterocycles. The second-order valence-electron chi connectivity index (χ2n) is 5.12. The fourth-order valence-electron chi connectivity index (χ4n) is 2.65. The standard InChI is InChI=1S/C14H22N4O2/c1-4-11-14(20)18(12(5-2)13(19)16-11)9-7-10-6-8-15-17(10)3/h6,8,11-12H,4-5,7,9H2,1-3H3,(H,16,19). The SMILES string of the molecule is CCC1NC(=O)C(CC)N(CCc2ccnn2C)C1=O. The summed E-state index contributed by atoms with van der Waals surface area (Å²) in [5.74, 6) is -0.00919. The maximum absolute atomic E-state index is 12.4. The fraction of sp³-hybridized carbons (Fsp3) is 0.643. The topological polar surface area (TPSA) is 67.2 Å². The van der Waals surface area contributed by atoms with E-state index in [1.165, 1.54) is 0 Å². The molecule has 0 saturated carbocycles. The molecular weight excluding hydrogens is 256 g/mol. The van der Waals surface area contributed by atoms with Crippen LogP contribution in [0.2, 0.25) is 0 Å². The van der Waals surface area contributed by atoms with Crippen LogP contribution in [0.5, 0.6) is 0 Å². The number of hydrogen-bond donors (Lipinski definition) is 1. The zero-order valence-electron chi connectivity index (χ0n) is 12.3. The largest absolute Gasteiger partial charge is 0.343 e. The number of piperazine rings is 1. The van der Waals surface area contributed by atoms with Crippen LogP contribution in [0.3, 0.4) is 0 Å². The number of amides is 2. The molecule has 1 aliphatic heterocycles. The summed E-state index contributed by atoms with van der Waals surface area (Å²) in [6.45, 7) is 4.40. The molecule has 110 valence electrons. The van der Waals surface area contributed by atoms with E-state index in [1.54, 1.807) is 15.8 Å². The third-order valence-electron chi connectivity index (χ3n) is 3.90. The van der Waals surface area contributed by atoms with Crippen LogP contribution in [-0.4, -0.2) is 45.1 Å². The number of nitrogens with one attached hydrogen (secondary N) is 1. The highest BCUT2D eigenvalue weighted by atomic mass is 16.2. The summed E-state index contributed by atoms with van der Waals surface area (Å²) in [6, 6.07) is 1.21. The van der Waals surface area contributed by atoms with Gasteiger partial charge in [-0.05, 0) is 18.9 Å². The van der Waals surface area contributed by atoms with E-state index in [4.69, 9.17) is 0 Å². The van der Waals surface area contributed by atoms with Crippen LogP contribution in [-0.2, 0) is 23.1 Å². The van der Waals surface area contributed by atoms with Crippen LogP contribution in [0.25, 0.3) is 0 Å². The van der Waals surface area contributed by atoms with Crippen molar-refractivity contribution in [1.82, 2.24) is 20.0 Å². The minimum absolute atomic E-state index is 0.0288. The molecule has 2 unspecified atom stereocenters. The Balaban J connectivity index is 2.10. The highest BCUT2D eigenvalue weighted by molar-refractivity contribution is 5.96. The van der Waals surface area contributed by atoms with E-state index in [1.807, 2.05) is 27.0 Å². The Morgan fingerprint density at radius 3 is 2.60 bits per heavy atom. The molecule has 1 aromatic rings. The molecule has 0 aromatic carbocycles. The van der Waals surface area contributed by atoms with Crippen molar-refractivity contribution in [2.24, 2.45) is 7.05 Å². The van der Waals surface area contributed by atoms with Crippen LogP contribution >= 0.6 is 0 Å². The van der Waals surface area contributed by atoms with Crippen LogP contribution in [0.1, 0.15) is 32.4 Å². The average Bonchev–Trinajstić information content (AvgIpc) is 2.84. The monoisotopic (exact) mass is 278 g/mol. The number of nitrogens with zero attached hydrogens (tertiary/aromatic N) is 3. The highest BCUT2D eigenvalue weighted by Crippen LogP contribution is 2.15. The van der Waals surface area contributed by atoms with Crippen molar-refractivity contribution >= 4 is 11.8 Å². The van der Waals surface area contributed by atoms with Crippen molar-refractivity contribution in [2.75, 3.05) is 6.54 Å². The molecule has 20 heavy (non-hydrogen) atoms. The van der Waals surface area contributed by atoms with Crippen LogP contribution in [0.15, 0.2) is 12.3 Å². The van der Waals surface area contributed by atoms with Gasteiger partial charge in [-0.2, -0.15) is 5.10 Å². The number of carbonyl (C=O) groups is 2. The number of aryl methyl sites for hydroxylation is 1. The lowest BCUT2D eigenvalue weighted by Gasteiger charge is -2.38. The summed E-state index contributed by atoms with van der Waals surface area (Å²) in [4.78, 5) is 26.2. The second-order valence-corrected chi connectivity index (χ2v) is 5.12. The Morgan fingerprint density at radius 1 is 1.30 bits per heavy atom. The van der Waals surface area contributed by atoms with Crippen molar-refractivity contribution in [1.29, 1.82) is 0 Å². The Bertz CT molecular complexity index is 497. The van der Waals surface area contributed by atoms with Gasteiger partial charge in [-0.15, -0.1) is 0 Å². The van der Waals surface area contributed by atoms with Crippen LogP contribution < -0.4 is 5.32 Å². The van der Waals surface area contributed by atoms with Crippen LogP contribution in [0.4, 0.5) is 0 Å². The maximum atomic E-state index is 12.4. The van der Waals surface area contributed by atoms with Gasteiger partial charge in [-0.1, -0.05) is 13.8 Å². The average molecular weight is 278 g/mol. The molecule has 1 aliphatic rings. The quantitative estimate of drug-likeness (QED) is 0.852. The first kappa shape index (κ1) is 14.6. The molecule has 2 rings (SSSR count). The van der Waals surface area contributed by atoms with Gasteiger partial charge in [0.2, 0.25) is 11.8 Å². The predicted octanol–water partition coefficient (Wildman–Crippen LogP) is 0.478. The minimum Gasteiger partial charge on any atom is -0.343 e. The molecular formula is C14H22N4O2. The fourth-order valence-corrected chi connectivity index (χ4v) is 2.65. The summed E-state index contributed by atoms with van der Waals surface area (Å²) in [6.07, 6.45) is 3.72. The normalized spacial score (nSPS) is 23.1. The smallest absolute Gasteiger partial charge is 0.245 e. The zero-order chi connectivity index (χ0) is 14.7. The van der Waals surface area contributed by atoms with Crippen molar-refractivity contribution in [2.45, 2.75) is 45.2 Å². The zero-order valence-corrected chi connectivity index (χ0v) is 12.3. The summed E-state index contributed by atoms with van der Waals surface area (Å²) >= 11 is 0. The number of aromatic nitrogens is 2. The van der Waals surface area contributed by atoms with Gasteiger partial charge in [0, 0.05) is 31.9 Å². The summed E-state index contributed by atoms with van der Waals surface area (Å²) < 4.78 is 1.80. The molecule has 1 saturated heterocycles. The lowest BCUT2D eigenvalue weighted by Crippen LogP contribution is -2.63. The Hall–Kier alpha value is -1.85. The lowest BCUT2D eigenvalue weighted by molar-refractivity contribution is -0.149. The molecule has 0 bridgehead atoms. The molecule has 6 nitrogen and oxygen atoms in total. The van der Waals surface area contributed by atoms with Crippen molar-refractivity contribution in [3.8, 4) is 0 Å². The van der Waals surface area contributed by atoms with Gasteiger partial charge in [0.15, 0.2) is 0 Å². The van der Waals surface area contributed by atoms with Crippen LogP contribution in [0, 0.1) is 0 Å². The summed E-state index contributed by atoms with van der Waals surface area (Å²) in [5, 5.41) is 6.92. The molecule has 1 aromatic heterocycles.